The van der Waals surface area contributed by atoms with Gasteiger partial charge in [-0.15, -0.1) is 11.3 Å². The zero-order chi connectivity index (χ0) is 16.9. The van der Waals surface area contributed by atoms with Crippen LogP contribution in [0.3, 0.4) is 0 Å². The van der Waals surface area contributed by atoms with Crippen molar-refractivity contribution >= 4 is 22.7 Å². The summed E-state index contributed by atoms with van der Waals surface area (Å²) in [6.45, 7) is 0. The highest BCUT2D eigenvalue weighted by molar-refractivity contribution is 7.13. The van der Waals surface area contributed by atoms with Crippen LogP contribution in [0.4, 0.5) is 5.13 Å². The van der Waals surface area contributed by atoms with Crippen LogP contribution in [0.25, 0.3) is 11.3 Å². The summed E-state index contributed by atoms with van der Waals surface area (Å²) in [7, 11) is 0. The number of hydrogen-bond acceptors (Lipinski definition) is 3. The fourth-order valence-corrected chi connectivity index (χ4v) is 4.16. The minimum atomic E-state index is 0.754. The van der Waals surface area contributed by atoms with Crippen molar-refractivity contribution in [3.63, 3.8) is 0 Å². The second-order valence-corrected chi connectivity index (χ2v) is 7.48. The third kappa shape index (κ3) is 4.05. The molecule has 3 heteroatoms. The van der Waals surface area contributed by atoms with Crippen LogP contribution < -0.4 is 0 Å². The first-order valence-electron chi connectivity index (χ1n) is 9.03. The summed E-state index contributed by atoms with van der Waals surface area (Å²) in [5, 5.41) is 2.89. The van der Waals surface area contributed by atoms with Crippen molar-refractivity contribution in [1.29, 1.82) is 0 Å². The van der Waals surface area contributed by atoms with Gasteiger partial charge in [0.25, 0.3) is 0 Å². The number of benzene rings is 2. The summed E-state index contributed by atoms with van der Waals surface area (Å²) in [5.41, 5.74) is 4.77. The maximum absolute atomic E-state index is 4.66. The molecule has 4 rings (SSSR count). The van der Waals surface area contributed by atoms with Crippen LogP contribution in [0, 0.1) is 0 Å². The minimum Gasteiger partial charge on any atom is -0.227 e. The molecular weight excluding hydrogens is 324 g/mol. The van der Waals surface area contributed by atoms with E-state index in [1.165, 1.54) is 43.2 Å². The van der Waals surface area contributed by atoms with E-state index in [-0.39, 0.29) is 0 Å². The molecule has 1 aromatic heterocycles. The Morgan fingerprint density at radius 3 is 2.44 bits per heavy atom. The molecule has 1 heterocycles. The van der Waals surface area contributed by atoms with E-state index in [1.807, 2.05) is 36.5 Å². The molecule has 3 aromatic rings. The third-order valence-corrected chi connectivity index (χ3v) is 5.65. The van der Waals surface area contributed by atoms with E-state index in [4.69, 9.17) is 0 Å². The highest BCUT2D eigenvalue weighted by Gasteiger charge is 2.15. The standard InChI is InChI=1S/C22H22N2S/c1-3-7-17(8-4-1)15-23-22-24-21(16-25-22)20-13-11-19(12-14-20)18-9-5-2-6-10-18/h1,3-4,7-8,11-16,18H,2,5-6,9-10H2. The van der Waals surface area contributed by atoms with Crippen LogP contribution in [0.5, 0.6) is 0 Å². The number of rotatable bonds is 4. The highest BCUT2D eigenvalue weighted by atomic mass is 32.1. The van der Waals surface area contributed by atoms with Gasteiger partial charge in [0.05, 0.1) is 5.69 Å². The number of nitrogens with zero attached hydrogens (tertiary/aromatic N) is 2. The molecule has 0 bridgehead atoms. The normalized spacial score (nSPS) is 15.7. The van der Waals surface area contributed by atoms with Crippen molar-refractivity contribution in [3.8, 4) is 11.3 Å². The maximum Gasteiger partial charge on any atom is 0.209 e. The molecule has 0 atom stereocenters. The summed E-state index contributed by atoms with van der Waals surface area (Å²) in [6.07, 6.45) is 8.71. The van der Waals surface area contributed by atoms with Gasteiger partial charge >= 0.3 is 0 Å². The third-order valence-electron chi connectivity index (χ3n) is 4.90. The average Bonchev–Trinajstić information content (AvgIpc) is 3.17. The predicted molar refractivity (Wildman–Crippen MR) is 107 cm³/mol. The molecular formula is C22H22N2S. The summed E-state index contributed by atoms with van der Waals surface area (Å²) in [6, 6.07) is 19.1. The number of thiazole rings is 1. The van der Waals surface area contributed by atoms with Crippen LogP contribution in [-0.2, 0) is 0 Å². The van der Waals surface area contributed by atoms with Gasteiger partial charge in [-0.25, -0.2) is 9.98 Å². The Morgan fingerprint density at radius 1 is 0.920 bits per heavy atom. The van der Waals surface area contributed by atoms with Gasteiger partial charge in [0.15, 0.2) is 0 Å². The van der Waals surface area contributed by atoms with Crippen molar-refractivity contribution in [2.45, 2.75) is 38.0 Å². The summed E-state index contributed by atoms with van der Waals surface area (Å²) in [4.78, 5) is 9.15. The van der Waals surface area contributed by atoms with Crippen LogP contribution >= 0.6 is 11.3 Å². The van der Waals surface area contributed by atoms with Gasteiger partial charge in [0.1, 0.15) is 0 Å². The van der Waals surface area contributed by atoms with Crippen molar-refractivity contribution in [2.24, 2.45) is 4.99 Å². The summed E-state index contributed by atoms with van der Waals surface area (Å²) in [5.74, 6) is 0.754. The first kappa shape index (κ1) is 16.2. The second kappa shape index (κ2) is 7.75. The largest absolute Gasteiger partial charge is 0.227 e. The number of aliphatic imine (C=N–C) groups is 1. The van der Waals surface area contributed by atoms with Gasteiger partial charge in [-0.2, -0.15) is 0 Å². The molecule has 0 aliphatic heterocycles. The topological polar surface area (TPSA) is 25.2 Å². The van der Waals surface area contributed by atoms with Crippen molar-refractivity contribution < 1.29 is 0 Å². The fourth-order valence-electron chi connectivity index (χ4n) is 3.49. The van der Waals surface area contributed by atoms with Gasteiger partial charge < -0.3 is 0 Å². The zero-order valence-electron chi connectivity index (χ0n) is 14.3. The van der Waals surface area contributed by atoms with E-state index >= 15 is 0 Å². The van der Waals surface area contributed by atoms with Crippen LogP contribution in [0.1, 0.15) is 49.1 Å². The van der Waals surface area contributed by atoms with E-state index in [0.717, 1.165) is 22.3 Å². The molecule has 1 aliphatic rings. The number of aromatic nitrogens is 1. The second-order valence-electron chi connectivity index (χ2n) is 6.64. The monoisotopic (exact) mass is 346 g/mol. The molecule has 1 aliphatic carbocycles. The molecule has 2 aromatic carbocycles. The van der Waals surface area contributed by atoms with Crippen LogP contribution in [0.15, 0.2) is 65.0 Å². The summed E-state index contributed by atoms with van der Waals surface area (Å²) >= 11 is 1.59. The van der Waals surface area contributed by atoms with Crippen molar-refractivity contribution in [3.05, 3.63) is 71.1 Å². The van der Waals surface area contributed by atoms with Crippen LogP contribution in [0.2, 0.25) is 0 Å². The molecule has 0 radical (unpaired) electrons. The molecule has 0 unspecified atom stereocenters. The molecule has 1 fully saturated rings. The van der Waals surface area contributed by atoms with E-state index in [1.54, 1.807) is 11.3 Å². The van der Waals surface area contributed by atoms with Gasteiger partial charge in [-0.1, -0.05) is 73.9 Å². The van der Waals surface area contributed by atoms with E-state index in [9.17, 15) is 0 Å². The smallest absolute Gasteiger partial charge is 0.209 e. The lowest BCUT2D eigenvalue weighted by Gasteiger charge is -2.22. The lowest BCUT2D eigenvalue weighted by atomic mass is 9.84. The highest BCUT2D eigenvalue weighted by Crippen LogP contribution is 2.34. The Balaban J connectivity index is 1.47. The minimum absolute atomic E-state index is 0.754. The Hall–Kier alpha value is -2.26. The van der Waals surface area contributed by atoms with E-state index in [2.05, 4.69) is 39.6 Å². The van der Waals surface area contributed by atoms with Gasteiger partial charge in [-0.3, -0.25) is 0 Å². The molecule has 2 nitrogen and oxygen atoms in total. The molecule has 1 saturated carbocycles. The molecule has 25 heavy (non-hydrogen) atoms. The predicted octanol–water partition coefficient (Wildman–Crippen LogP) is 6.61. The molecule has 0 saturated heterocycles. The molecule has 0 spiro atoms. The van der Waals surface area contributed by atoms with Crippen molar-refractivity contribution in [2.75, 3.05) is 0 Å². The van der Waals surface area contributed by atoms with Crippen molar-refractivity contribution in [1.82, 2.24) is 4.98 Å². The Labute approximate surface area is 153 Å². The molecule has 126 valence electrons. The zero-order valence-corrected chi connectivity index (χ0v) is 15.1. The Bertz CT molecular complexity index is 828. The maximum atomic E-state index is 4.66. The van der Waals surface area contributed by atoms with Gasteiger partial charge in [-0.05, 0) is 29.9 Å². The quantitative estimate of drug-likeness (QED) is 0.488. The average molecular weight is 346 g/mol. The lowest BCUT2D eigenvalue weighted by Crippen LogP contribution is -2.04. The number of hydrogen-bond donors (Lipinski definition) is 0. The Kier molecular flexibility index (Phi) is 5.03. The first-order valence-corrected chi connectivity index (χ1v) is 9.91. The SMILES string of the molecule is C(=Nc1nc(-c2ccc(C3CCCCC3)cc2)cs1)c1ccccc1. The molecule has 0 N–H and O–H groups in total. The summed E-state index contributed by atoms with van der Waals surface area (Å²) < 4.78 is 0. The molecule has 0 amide bonds. The van der Waals surface area contributed by atoms with E-state index < -0.39 is 0 Å². The van der Waals surface area contributed by atoms with E-state index in [0.29, 0.717) is 0 Å². The Morgan fingerprint density at radius 2 is 1.68 bits per heavy atom. The van der Waals surface area contributed by atoms with Gasteiger partial charge in [0.2, 0.25) is 5.13 Å². The fraction of sp³-hybridized carbons (Fsp3) is 0.273. The first-order chi connectivity index (χ1) is 12.4. The van der Waals surface area contributed by atoms with Crippen LogP contribution in [-0.4, -0.2) is 11.2 Å². The lowest BCUT2D eigenvalue weighted by molar-refractivity contribution is 0.443. The van der Waals surface area contributed by atoms with Gasteiger partial charge in [0, 0.05) is 17.2 Å².